The second-order valence-electron chi connectivity index (χ2n) is 7.56. The van der Waals surface area contributed by atoms with Crippen molar-refractivity contribution in [1.29, 1.82) is 0 Å². The molecule has 28 heavy (non-hydrogen) atoms. The molecule has 1 N–H and O–H groups in total. The summed E-state index contributed by atoms with van der Waals surface area (Å²) >= 11 is 6.07. The molecule has 1 heterocycles. The van der Waals surface area contributed by atoms with Gasteiger partial charge in [0.05, 0.1) is 7.11 Å². The average Bonchev–Trinajstić information content (AvgIpc) is 3.10. The quantitative estimate of drug-likeness (QED) is 0.581. The van der Waals surface area contributed by atoms with Gasteiger partial charge in [0.25, 0.3) is 5.91 Å². The van der Waals surface area contributed by atoms with Crippen LogP contribution in [0, 0.1) is 5.92 Å². The fourth-order valence-corrected chi connectivity index (χ4v) is 4.61. The summed E-state index contributed by atoms with van der Waals surface area (Å²) in [4.78, 5) is 39.1. The van der Waals surface area contributed by atoms with Gasteiger partial charge in [-0.25, -0.2) is 0 Å². The maximum Gasteiger partial charge on any atom is 0.305 e. The molecule has 1 saturated heterocycles. The Bertz CT molecular complexity index is 739. The summed E-state index contributed by atoms with van der Waals surface area (Å²) in [5, 5.41) is 3.40. The predicted octanol–water partition coefficient (Wildman–Crippen LogP) is 3.18. The van der Waals surface area contributed by atoms with Crippen LogP contribution in [-0.2, 0) is 14.3 Å². The van der Waals surface area contributed by atoms with E-state index in [4.69, 9.17) is 11.6 Å². The Hall–Kier alpha value is -2.08. The lowest BCUT2D eigenvalue weighted by Gasteiger charge is -2.33. The molecule has 2 fully saturated rings. The number of methoxy groups -OCH3 is 1. The average molecular weight is 407 g/mol. The molecule has 3 unspecified atom stereocenters. The minimum atomic E-state index is -0.474. The largest absolute Gasteiger partial charge is 0.469 e. The Kier molecular flexibility index (Phi) is 6.94. The van der Waals surface area contributed by atoms with Crippen LogP contribution in [0.5, 0.6) is 0 Å². The van der Waals surface area contributed by atoms with Crippen LogP contribution in [0.15, 0.2) is 24.3 Å². The van der Waals surface area contributed by atoms with Crippen LogP contribution >= 0.6 is 11.6 Å². The van der Waals surface area contributed by atoms with E-state index in [1.54, 1.807) is 29.2 Å². The number of rotatable bonds is 6. The topological polar surface area (TPSA) is 75.7 Å². The van der Waals surface area contributed by atoms with Crippen LogP contribution < -0.4 is 5.32 Å². The number of esters is 1. The fourth-order valence-electron chi connectivity index (χ4n) is 4.42. The Morgan fingerprint density at radius 2 is 2.04 bits per heavy atom. The van der Waals surface area contributed by atoms with Crippen molar-refractivity contribution in [1.82, 2.24) is 10.2 Å². The number of halogens is 1. The Labute approximate surface area is 170 Å². The number of amides is 2. The normalized spacial score (nSPS) is 23.8. The van der Waals surface area contributed by atoms with Crippen molar-refractivity contribution in [2.75, 3.05) is 13.7 Å². The van der Waals surface area contributed by atoms with Gasteiger partial charge in [-0.3, -0.25) is 14.4 Å². The van der Waals surface area contributed by atoms with Gasteiger partial charge in [-0.1, -0.05) is 30.5 Å². The van der Waals surface area contributed by atoms with Gasteiger partial charge < -0.3 is 15.0 Å². The highest BCUT2D eigenvalue weighted by molar-refractivity contribution is 6.31. The third kappa shape index (κ3) is 4.66. The Morgan fingerprint density at radius 1 is 1.25 bits per heavy atom. The maximum atomic E-state index is 13.3. The molecule has 7 heteroatoms. The van der Waals surface area contributed by atoms with Crippen molar-refractivity contribution in [2.24, 2.45) is 5.92 Å². The van der Waals surface area contributed by atoms with Crippen LogP contribution in [0.4, 0.5) is 0 Å². The third-order valence-corrected chi connectivity index (χ3v) is 6.02. The molecule has 3 atom stereocenters. The summed E-state index contributed by atoms with van der Waals surface area (Å²) in [6, 6.07) is 6.52. The molecule has 6 nitrogen and oxygen atoms in total. The maximum absolute atomic E-state index is 13.3. The lowest BCUT2D eigenvalue weighted by atomic mass is 9.84. The molecular weight excluding hydrogens is 380 g/mol. The van der Waals surface area contributed by atoms with Crippen molar-refractivity contribution >= 4 is 29.4 Å². The predicted molar refractivity (Wildman–Crippen MR) is 106 cm³/mol. The first-order chi connectivity index (χ1) is 13.5. The zero-order valence-corrected chi connectivity index (χ0v) is 16.9. The van der Waals surface area contributed by atoms with E-state index in [-0.39, 0.29) is 30.2 Å². The number of likely N-dealkylation sites (tertiary alicyclic amines) is 1. The van der Waals surface area contributed by atoms with E-state index in [9.17, 15) is 14.4 Å². The molecule has 1 saturated carbocycles. The third-order valence-electron chi connectivity index (χ3n) is 5.78. The highest BCUT2D eigenvalue weighted by Gasteiger charge is 2.47. The summed E-state index contributed by atoms with van der Waals surface area (Å²) in [5.41, 5.74) is 0.516. The first-order valence-corrected chi connectivity index (χ1v) is 10.3. The minimum Gasteiger partial charge on any atom is -0.469 e. The van der Waals surface area contributed by atoms with E-state index in [0.29, 0.717) is 35.9 Å². The number of hydrogen-bond acceptors (Lipinski definition) is 4. The van der Waals surface area contributed by atoms with Gasteiger partial charge in [0.15, 0.2) is 0 Å². The smallest absolute Gasteiger partial charge is 0.305 e. The molecule has 1 aromatic rings. The van der Waals surface area contributed by atoms with Gasteiger partial charge >= 0.3 is 5.97 Å². The second kappa shape index (κ2) is 9.41. The number of nitrogens with zero attached hydrogens (tertiary/aromatic N) is 1. The summed E-state index contributed by atoms with van der Waals surface area (Å²) < 4.78 is 4.61. The Balaban J connectivity index is 1.71. The summed E-state index contributed by atoms with van der Waals surface area (Å²) in [6.07, 6.45) is 5.68. The number of benzene rings is 1. The number of nitrogens with one attached hydrogen (secondary N) is 1. The van der Waals surface area contributed by atoms with Crippen LogP contribution in [0.3, 0.4) is 0 Å². The molecule has 152 valence electrons. The van der Waals surface area contributed by atoms with Gasteiger partial charge in [0.2, 0.25) is 5.91 Å². The minimum absolute atomic E-state index is 0.103. The van der Waals surface area contributed by atoms with Crippen molar-refractivity contribution in [2.45, 2.75) is 57.0 Å². The van der Waals surface area contributed by atoms with Crippen LogP contribution in [0.25, 0.3) is 0 Å². The van der Waals surface area contributed by atoms with Crippen molar-refractivity contribution < 1.29 is 19.1 Å². The van der Waals surface area contributed by atoms with Gasteiger partial charge in [-0.15, -0.1) is 0 Å². The molecule has 0 bridgehead atoms. The molecule has 1 aliphatic heterocycles. The second-order valence-corrected chi connectivity index (χ2v) is 7.99. The van der Waals surface area contributed by atoms with E-state index in [1.165, 1.54) is 7.11 Å². The molecule has 1 aliphatic carbocycles. The zero-order valence-electron chi connectivity index (χ0n) is 16.2. The van der Waals surface area contributed by atoms with E-state index in [1.807, 2.05) is 0 Å². The molecule has 2 amide bonds. The standard InChI is InChI=1S/C21H27ClN2O4/c1-28-19(25)10-5-11-23-20(26)18-13-14-6-2-3-9-17(14)24(18)21(27)15-7-4-8-16(22)12-15/h4,7-8,12,14,17-18H,2-3,5-6,9-11,13H2,1H3,(H,23,26). The molecule has 2 aliphatic rings. The SMILES string of the molecule is COC(=O)CCCNC(=O)C1CC2CCCCC2N1C(=O)c1cccc(Cl)c1. The monoisotopic (exact) mass is 406 g/mol. The fraction of sp³-hybridized carbons (Fsp3) is 0.571. The number of ether oxygens (including phenoxy) is 1. The molecule has 1 aromatic carbocycles. The zero-order chi connectivity index (χ0) is 20.1. The van der Waals surface area contributed by atoms with E-state index in [0.717, 1.165) is 25.7 Å². The van der Waals surface area contributed by atoms with Gasteiger partial charge in [0, 0.05) is 29.6 Å². The van der Waals surface area contributed by atoms with Crippen LogP contribution in [0.2, 0.25) is 5.02 Å². The van der Waals surface area contributed by atoms with Gasteiger partial charge in [-0.2, -0.15) is 0 Å². The Morgan fingerprint density at radius 3 is 2.79 bits per heavy atom. The molecule has 0 spiro atoms. The molecule has 0 aromatic heterocycles. The first kappa shape index (κ1) is 20.6. The van der Waals surface area contributed by atoms with Gasteiger partial charge in [-0.05, 0) is 49.8 Å². The number of hydrogen-bond donors (Lipinski definition) is 1. The number of carbonyl (C=O) groups is 3. The molecule has 0 radical (unpaired) electrons. The lowest BCUT2D eigenvalue weighted by Crippen LogP contribution is -2.49. The summed E-state index contributed by atoms with van der Waals surface area (Å²) in [5.74, 6) is -0.206. The van der Waals surface area contributed by atoms with Crippen LogP contribution in [-0.4, -0.2) is 48.4 Å². The van der Waals surface area contributed by atoms with E-state index < -0.39 is 6.04 Å². The van der Waals surface area contributed by atoms with E-state index >= 15 is 0 Å². The first-order valence-electron chi connectivity index (χ1n) is 9.94. The highest BCUT2D eigenvalue weighted by atomic mass is 35.5. The highest BCUT2D eigenvalue weighted by Crippen LogP contribution is 2.40. The molecule has 3 rings (SSSR count). The number of carbonyl (C=O) groups excluding carboxylic acids is 3. The summed E-state index contributed by atoms with van der Waals surface area (Å²) in [6.45, 7) is 0.388. The van der Waals surface area contributed by atoms with Crippen molar-refractivity contribution in [3.05, 3.63) is 34.9 Å². The van der Waals surface area contributed by atoms with E-state index in [2.05, 4.69) is 10.1 Å². The van der Waals surface area contributed by atoms with Crippen LogP contribution in [0.1, 0.15) is 55.3 Å². The van der Waals surface area contributed by atoms with Crippen molar-refractivity contribution in [3.8, 4) is 0 Å². The van der Waals surface area contributed by atoms with Crippen molar-refractivity contribution in [3.63, 3.8) is 0 Å². The number of fused-ring (bicyclic) bond motifs is 1. The van der Waals surface area contributed by atoms with Gasteiger partial charge in [0.1, 0.15) is 6.04 Å². The lowest BCUT2D eigenvalue weighted by molar-refractivity contribution is -0.140. The summed E-state index contributed by atoms with van der Waals surface area (Å²) in [7, 11) is 1.35. The molecular formula is C21H27ClN2O4.